The average molecular weight is 299 g/mol. The summed E-state index contributed by atoms with van der Waals surface area (Å²) in [7, 11) is -3.86. The van der Waals surface area contributed by atoms with Crippen LogP contribution in [-0.2, 0) is 14.8 Å². The molecule has 0 aliphatic heterocycles. The quantitative estimate of drug-likeness (QED) is 0.843. The molecule has 0 aliphatic carbocycles. The normalized spacial score (nSPS) is 14.8. The minimum atomic E-state index is -3.86. The number of carbonyl (C=O) groups is 1. The highest BCUT2D eigenvalue weighted by molar-refractivity contribution is 7.89. The van der Waals surface area contributed by atoms with Crippen LogP contribution in [0.1, 0.15) is 37.8 Å². The second-order valence-electron chi connectivity index (χ2n) is 5.26. The van der Waals surface area contributed by atoms with Gasteiger partial charge in [-0.1, -0.05) is 31.0 Å². The van der Waals surface area contributed by atoms with E-state index in [1.165, 1.54) is 13.0 Å². The van der Waals surface area contributed by atoms with E-state index < -0.39 is 21.5 Å². The van der Waals surface area contributed by atoms with Crippen LogP contribution in [0.15, 0.2) is 23.1 Å². The molecule has 0 aromatic heterocycles. The number of sulfonamides is 1. The van der Waals surface area contributed by atoms with Gasteiger partial charge in [-0.3, -0.25) is 4.79 Å². The molecule has 0 heterocycles. The molecule has 0 fully saturated rings. The molecule has 1 aromatic rings. The Balaban J connectivity index is 3.20. The third-order valence-corrected chi connectivity index (χ3v) is 4.96. The number of benzene rings is 1. The number of hydrogen-bond donors (Lipinski definition) is 2. The van der Waals surface area contributed by atoms with E-state index >= 15 is 0 Å². The van der Waals surface area contributed by atoms with Gasteiger partial charge in [0.1, 0.15) is 5.54 Å². The predicted molar refractivity (Wildman–Crippen MR) is 77.2 cm³/mol. The molecule has 1 aromatic carbocycles. The minimum Gasteiger partial charge on any atom is -0.480 e. The van der Waals surface area contributed by atoms with Crippen molar-refractivity contribution in [1.82, 2.24) is 4.72 Å². The third-order valence-electron chi connectivity index (χ3n) is 3.20. The molecule has 1 unspecified atom stereocenters. The second-order valence-corrected chi connectivity index (χ2v) is 6.91. The van der Waals surface area contributed by atoms with Crippen molar-refractivity contribution >= 4 is 16.0 Å². The lowest BCUT2D eigenvalue weighted by molar-refractivity contribution is -0.143. The van der Waals surface area contributed by atoms with E-state index in [-0.39, 0.29) is 11.3 Å². The Bertz CT molecular complexity index is 610. The van der Waals surface area contributed by atoms with Gasteiger partial charge in [-0.05, 0) is 38.8 Å². The summed E-state index contributed by atoms with van der Waals surface area (Å²) in [5.41, 5.74) is 0.0583. The Morgan fingerprint density at radius 1 is 1.35 bits per heavy atom. The molecule has 0 spiro atoms. The summed E-state index contributed by atoms with van der Waals surface area (Å²) in [4.78, 5) is 11.4. The first-order valence-corrected chi connectivity index (χ1v) is 7.95. The molecule has 1 rings (SSSR count). The number of carboxylic acid groups (broad SMARTS) is 1. The van der Waals surface area contributed by atoms with Crippen molar-refractivity contribution in [3.8, 4) is 0 Å². The van der Waals surface area contributed by atoms with Crippen molar-refractivity contribution in [2.24, 2.45) is 0 Å². The summed E-state index contributed by atoms with van der Waals surface area (Å²) in [5, 5.41) is 9.26. The van der Waals surface area contributed by atoms with Crippen molar-refractivity contribution in [2.75, 3.05) is 0 Å². The smallest absolute Gasteiger partial charge is 0.324 e. The van der Waals surface area contributed by atoms with E-state index in [4.69, 9.17) is 0 Å². The summed E-state index contributed by atoms with van der Waals surface area (Å²) in [6, 6.07) is 4.95. The fourth-order valence-corrected chi connectivity index (χ4v) is 3.78. The number of nitrogens with one attached hydrogen (secondary N) is 1. The molecule has 0 amide bonds. The lowest BCUT2D eigenvalue weighted by Crippen LogP contribution is -2.52. The van der Waals surface area contributed by atoms with Gasteiger partial charge < -0.3 is 5.11 Å². The SMILES string of the molecule is CCCC(C)(NS(=O)(=O)c1ccc(C)cc1C)C(=O)O. The first-order chi connectivity index (χ1) is 9.12. The highest BCUT2D eigenvalue weighted by Gasteiger charge is 2.37. The minimum absolute atomic E-state index is 0.117. The zero-order valence-corrected chi connectivity index (χ0v) is 13.0. The van der Waals surface area contributed by atoms with Gasteiger partial charge in [0.15, 0.2) is 0 Å². The maximum atomic E-state index is 12.4. The van der Waals surface area contributed by atoms with E-state index in [0.29, 0.717) is 12.0 Å². The highest BCUT2D eigenvalue weighted by atomic mass is 32.2. The van der Waals surface area contributed by atoms with Gasteiger partial charge in [-0.2, -0.15) is 4.72 Å². The molecule has 0 bridgehead atoms. The third kappa shape index (κ3) is 3.58. The zero-order valence-electron chi connectivity index (χ0n) is 12.2. The molecule has 5 nitrogen and oxygen atoms in total. The number of carboxylic acids is 1. The van der Waals surface area contributed by atoms with Crippen LogP contribution in [0.25, 0.3) is 0 Å². The molecule has 20 heavy (non-hydrogen) atoms. The van der Waals surface area contributed by atoms with Crippen LogP contribution in [0.5, 0.6) is 0 Å². The fraction of sp³-hybridized carbons (Fsp3) is 0.500. The average Bonchev–Trinajstić information content (AvgIpc) is 2.27. The van der Waals surface area contributed by atoms with Crippen molar-refractivity contribution in [2.45, 2.75) is 51.0 Å². The fourth-order valence-electron chi connectivity index (χ4n) is 2.15. The van der Waals surface area contributed by atoms with Gasteiger partial charge in [0.2, 0.25) is 10.0 Å². The zero-order chi connectivity index (χ0) is 15.6. The van der Waals surface area contributed by atoms with Crippen molar-refractivity contribution in [1.29, 1.82) is 0 Å². The van der Waals surface area contributed by atoms with Gasteiger partial charge in [0.25, 0.3) is 0 Å². The Labute approximate surface area is 120 Å². The van der Waals surface area contributed by atoms with Crippen LogP contribution < -0.4 is 4.72 Å². The lowest BCUT2D eigenvalue weighted by atomic mass is 9.98. The molecule has 0 saturated carbocycles. The van der Waals surface area contributed by atoms with Crippen LogP contribution in [0, 0.1) is 13.8 Å². The molecule has 0 radical (unpaired) electrons. The number of hydrogen-bond acceptors (Lipinski definition) is 3. The molecular formula is C14H21NO4S. The summed E-state index contributed by atoms with van der Waals surface area (Å²) < 4.78 is 27.1. The van der Waals surface area contributed by atoms with Crippen LogP contribution in [0.4, 0.5) is 0 Å². The summed E-state index contributed by atoms with van der Waals surface area (Å²) in [6.45, 7) is 6.77. The van der Waals surface area contributed by atoms with E-state index in [0.717, 1.165) is 5.56 Å². The largest absolute Gasteiger partial charge is 0.480 e. The summed E-state index contributed by atoms with van der Waals surface area (Å²) >= 11 is 0. The van der Waals surface area contributed by atoms with Crippen LogP contribution in [-0.4, -0.2) is 25.0 Å². The molecular weight excluding hydrogens is 278 g/mol. The van der Waals surface area contributed by atoms with Gasteiger partial charge in [0, 0.05) is 0 Å². The number of aliphatic carboxylic acids is 1. The van der Waals surface area contributed by atoms with Crippen molar-refractivity contribution in [3.63, 3.8) is 0 Å². The maximum absolute atomic E-state index is 12.4. The molecule has 1 atom stereocenters. The van der Waals surface area contributed by atoms with E-state index in [9.17, 15) is 18.3 Å². The highest BCUT2D eigenvalue weighted by Crippen LogP contribution is 2.21. The first kappa shape index (κ1) is 16.7. The standard InChI is InChI=1S/C14H21NO4S/c1-5-8-14(4,13(16)17)15-20(18,19)12-7-6-10(2)9-11(12)3/h6-7,9,15H,5,8H2,1-4H3,(H,16,17). The number of aryl methyl sites for hydroxylation is 2. The lowest BCUT2D eigenvalue weighted by Gasteiger charge is -2.25. The molecule has 112 valence electrons. The number of rotatable bonds is 6. The topological polar surface area (TPSA) is 83.5 Å². The van der Waals surface area contributed by atoms with E-state index in [1.807, 2.05) is 13.8 Å². The van der Waals surface area contributed by atoms with Gasteiger partial charge in [-0.15, -0.1) is 0 Å². The Kier molecular flexibility index (Phi) is 4.94. The van der Waals surface area contributed by atoms with Gasteiger partial charge in [0.05, 0.1) is 4.90 Å². The van der Waals surface area contributed by atoms with Crippen LogP contribution in [0.2, 0.25) is 0 Å². The molecule has 0 aliphatic rings. The summed E-state index contributed by atoms with van der Waals surface area (Å²) in [5.74, 6) is -1.17. The predicted octanol–water partition coefficient (Wildman–Crippen LogP) is 2.23. The summed E-state index contributed by atoms with van der Waals surface area (Å²) in [6.07, 6.45) is 0.796. The molecule has 6 heteroatoms. The van der Waals surface area contributed by atoms with Crippen LogP contribution in [0.3, 0.4) is 0 Å². The van der Waals surface area contributed by atoms with Gasteiger partial charge >= 0.3 is 5.97 Å². The second kappa shape index (κ2) is 5.93. The Morgan fingerprint density at radius 2 is 1.95 bits per heavy atom. The van der Waals surface area contributed by atoms with Gasteiger partial charge in [-0.25, -0.2) is 8.42 Å². The Hall–Kier alpha value is -1.40. The Morgan fingerprint density at radius 3 is 2.40 bits per heavy atom. The monoisotopic (exact) mass is 299 g/mol. The molecule has 0 saturated heterocycles. The van der Waals surface area contributed by atoms with Crippen molar-refractivity contribution < 1.29 is 18.3 Å². The van der Waals surface area contributed by atoms with E-state index in [2.05, 4.69) is 4.72 Å². The maximum Gasteiger partial charge on any atom is 0.324 e. The van der Waals surface area contributed by atoms with E-state index in [1.54, 1.807) is 19.1 Å². The van der Waals surface area contributed by atoms with Crippen LogP contribution >= 0.6 is 0 Å². The first-order valence-electron chi connectivity index (χ1n) is 6.47. The molecule has 2 N–H and O–H groups in total. The van der Waals surface area contributed by atoms with Crippen molar-refractivity contribution in [3.05, 3.63) is 29.3 Å².